The van der Waals surface area contributed by atoms with Crippen LogP contribution in [-0.4, -0.2) is 147 Å². The van der Waals surface area contributed by atoms with E-state index in [0.29, 0.717) is 152 Å². The molecule has 0 spiro atoms. The fourth-order valence-corrected chi connectivity index (χ4v) is 62.0. The van der Waals surface area contributed by atoms with Crippen molar-refractivity contribution in [3.05, 3.63) is 150 Å². The highest BCUT2D eigenvalue weighted by atomic mass is 28.6. The van der Waals surface area contributed by atoms with Crippen molar-refractivity contribution in [2.45, 2.75) is 152 Å². The maximum atomic E-state index is 8.21. The molecule has 8 aromatic heterocycles. The van der Waals surface area contributed by atoms with E-state index in [0.717, 1.165) is 0 Å². The average Bonchev–Trinajstić information content (AvgIpc) is 1.55. The molecule has 0 amide bonds. The Morgan fingerprint density at radius 3 is 0.405 bits per heavy atom. The highest BCUT2D eigenvalue weighted by Gasteiger charge is 2.82. The van der Waals surface area contributed by atoms with Gasteiger partial charge in [-0.3, -0.25) is 0 Å². The van der Waals surface area contributed by atoms with E-state index in [1.807, 2.05) is 100 Å². The van der Waals surface area contributed by atoms with Crippen molar-refractivity contribution in [1.82, 2.24) is 76.4 Å². The topological polar surface area (TPSA) is 253 Å². The molecule has 28 nitrogen and oxygen atoms in total. The molecule has 8 bridgehead atoms. The zero-order chi connectivity index (χ0) is 56.7. The first kappa shape index (κ1) is 58.0. The second-order valence-electron chi connectivity index (χ2n) is 21.9. The first-order chi connectivity index (χ1) is 41.1. The van der Waals surface area contributed by atoms with Gasteiger partial charge in [0.1, 0.15) is 0 Å². The van der Waals surface area contributed by atoms with Gasteiger partial charge in [0.25, 0.3) is 0 Å². The van der Waals surface area contributed by atoms with Crippen LogP contribution >= 0.6 is 0 Å². The molecule has 14 heterocycles. The van der Waals surface area contributed by atoms with E-state index >= 15 is 0 Å². The summed E-state index contributed by atoms with van der Waals surface area (Å²) in [6.45, 7) is 4.71. The summed E-state index contributed by atoms with van der Waals surface area (Å²) in [6, 6.07) is 2.52. The third-order valence-corrected chi connectivity index (χ3v) is 53.0. The molecular formula is C48H72N16O12Si8. The molecule has 0 atom stereocenters. The van der Waals surface area contributed by atoms with Crippen LogP contribution in [0.1, 0.15) is 51.4 Å². The molecule has 14 rings (SSSR count). The molecule has 0 N–H and O–H groups in total. The van der Waals surface area contributed by atoms with E-state index in [4.69, 9.17) is 49.4 Å². The molecule has 8 aromatic rings. The minimum atomic E-state index is -4.34. The van der Waals surface area contributed by atoms with Crippen molar-refractivity contribution in [3.8, 4) is 0 Å². The van der Waals surface area contributed by atoms with E-state index in [1.165, 1.54) is 0 Å². The molecular weight excluding hydrogens is 1220 g/mol. The summed E-state index contributed by atoms with van der Waals surface area (Å²) in [5.74, 6) is 0. The third kappa shape index (κ3) is 13.9. The van der Waals surface area contributed by atoms with Gasteiger partial charge in [-0.05, 0) is 51.4 Å². The van der Waals surface area contributed by atoms with Gasteiger partial charge in [0, 0.05) is 200 Å². The number of hydrogen-bond acceptors (Lipinski definition) is 20. The maximum absolute atomic E-state index is 8.21. The molecule has 0 aromatic carbocycles. The van der Waals surface area contributed by atoms with Crippen molar-refractivity contribution in [2.24, 2.45) is 0 Å². The van der Waals surface area contributed by atoms with Gasteiger partial charge >= 0.3 is 70.4 Å². The Labute approximate surface area is 495 Å². The molecule has 84 heavy (non-hydrogen) atoms. The van der Waals surface area contributed by atoms with E-state index in [-0.39, 0.29) is 0 Å². The number of imidazole rings is 8. The smallest absolute Gasteiger partial charge is 0.373 e. The Morgan fingerprint density at radius 1 is 0.190 bits per heavy atom. The lowest BCUT2D eigenvalue weighted by Crippen LogP contribution is -2.88. The first-order valence-electron chi connectivity index (χ1n) is 29.2. The number of aryl methyl sites for hydroxylation is 8. The van der Waals surface area contributed by atoms with Crippen LogP contribution < -0.4 is 0 Å². The molecule has 0 unspecified atom stereocenters. The van der Waals surface area contributed by atoms with Crippen LogP contribution in [0.2, 0.25) is 48.4 Å². The largest absolute Gasteiger partial charge is 0.478 e. The lowest BCUT2D eigenvalue weighted by molar-refractivity contribution is -0.0315. The minimum absolute atomic E-state index is 0.315. The second kappa shape index (κ2) is 25.3. The van der Waals surface area contributed by atoms with Gasteiger partial charge in [-0.25, -0.2) is 39.9 Å². The van der Waals surface area contributed by atoms with E-state index in [1.54, 1.807) is 49.6 Å². The lowest BCUT2D eigenvalue weighted by Gasteiger charge is -2.63. The minimum Gasteiger partial charge on any atom is -0.373 e. The highest BCUT2D eigenvalue weighted by molar-refractivity contribution is 7.03. The predicted molar refractivity (Wildman–Crippen MR) is 312 cm³/mol. The van der Waals surface area contributed by atoms with Gasteiger partial charge in [0.15, 0.2) is 0 Å². The van der Waals surface area contributed by atoms with Gasteiger partial charge in [-0.15, -0.1) is 0 Å². The molecule has 0 saturated carbocycles. The quantitative estimate of drug-likeness (QED) is 0.0434. The standard InChI is InChI=1S/C48H72N16O12Si8/c1(17-57-25-9-49-41-57)33-77-65-78(34-2-18-58-26-10-50-42-58)68-81(37-5-21-61-29-13-53-45-61)70-79(66-77,35-3-19-59-27-11-51-43-59)72-83(39-7-23-63-31-15-55-47-63)73-80(67-77,36-4-20-60-28-12-52-44-60)71-82(69-78,38-6-22-62-30-14-54-46-62)75-84(74-81,76-83)40-8-24-64-32-16-56-48-64/h9-16,25-32,41-48H,1-8,17-24,33-40H2. The molecule has 0 aliphatic carbocycles. The van der Waals surface area contributed by atoms with Gasteiger partial charge in [-0.1, -0.05) is 0 Å². The molecule has 6 saturated heterocycles. The van der Waals surface area contributed by atoms with E-state index in [9.17, 15) is 0 Å². The zero-order valence-electron chi connectivity index (χ0n) is 46.9. The van der Waals surface area contributed by atoms with Crippen molar-refractivity contribution in [3.63, 3.8) is 0 Å². The van der Waals surface area contributed by atoms with Gasteiger partial charge in [0.05, 0.1) is 50.6 Å². The molecule has 6 aliphatic heterocycles. The maximum Gasteiger partial charge on any atom is 0.478 e. The molecule has 6 fully saturated rings. The van der Waals surface area contributed by atoms with Crippen LogP contribution in [0.4, 0.5) is 0 Å². The van der Waals surface area contributed by atoms with E-state index < -0.39 is 70.4 Å². The van der Waals surface area contributed by atoms with Gasteiger partial charge in [0.2, 0.25) is 0 Å². The Balaban J connectivity index is 1.01. The van der Waals surface area contributed by atoms with Crippen LogP contribution in [0.5, 0.6) is 0 Å². The second-order valence-corrected chi connectivity index (χ2v) is 46.6. The summed E-state index contributed by atoms with van der Waals surface area (Å²) in [5, 5.41) is 0. The lowest BCUT2D eigenvalue weighted by atomic mass is 10.5. The summed E-state index contributed by atoms with van der Waals surface area (Å²) in [6.07, 6.45) is 49.0. The summed E-state index contributed by atoms with van der Waals surface area (Å²) >= 11 is 0. The number of nitrogens with zero attached hydrogens (tertiary/aromatic N) is 16. The third-order valence-electron chi connectivity index (χ3n) is 15.4. The molecule has 36 heteroatoms. The van der Waals surface area contributed by atoms with Crippen molar-refractivity contribution in [2.75, 3.05) is 0 Å². The van der Waals surface area contributed by atoms with Crippen LogP contribution in [0.3, 0.4) is 0 Å². The van der Waals surface area contributed by atoms with Crippen molar-refractivity contribution >= 4 is 70.4 Å². The van der Waals surface area contributed by atoms with Gasteiger partial charge in [-0.2, -0.15) is 0 Å². The molecule has 0 radical (unpaired) electrons. The van der Waals surface area contributed by atoms with Crippen LogP contribution in [0.15, 0.2) is 150 Å². The average molecular weight is 1290 g/mol. The first-order valence-corrected chi connectivity index (χ1v) is 44.6. The van der Waals surface area contributed by atoms with Crippen LogP contribution in [-0.2, 0) is 102 Å². The Bertz CT molecular complexity index is 2500. The number of rotatable bonds is 32. The zero-order valence-corrected chi connectivity index (χ0v) is 54.9. The number of hydrogen-bond donors (Lipinski definition) is 0. The van der Waals surface area contributed by atoms with Crippen molar-refractivity contribution in [1.29, 1.82) is 0 Å². The Morgan fingerprint density at radius 2 is 0.310 bits per heavy atom. The number of aromatic nitrogens is 16. The predicted octanol–water partition coefficient (Wildman–Crippen LogP) is 6.06. The SMILES string of the molecule is c1cn(CCC[Si]23O[Si]4(CCCn5ccnc5)O[Si]5(CCCn6ccnc6)O[Si](CCCn6ccnc6)(O2)O[Si]2(CCCn6ccnc6)O[Si](CCCn6ccnc6)(O3)O[Si](CCCn3ccnc3)(O4)O[Si](CCCn3ccnc3)(O5)O2)cn1. The van der Waals surface area contributed by atoms with E-state index in [2.05, 4.69) is 76.4 Å². The fraction of sp³-hybridized carbons (Fsp3) is 0.500. The normalized spacial score (nSPS) is 29.9. The molecule has 448 valence electrons. The summed E-state index contributed by atoms with van der Waals surface area (Å²) < 4.78 is 115. The Kier molecular flexibility index (Phi) is 17.5. The summed E-state index contributed by atoms with van der Waals surface area (Å²) in [4.78, 5) is 35.1. The van der Waals surface area contributed by atoms with Crippen molar-refractivity contribution < 1.29 is 49.4 Å². The van der Waals surface area contributed by atoms with Crippen LogP contribution in [0, 0.1) is 0 Å². The summed E-state index contributed by atoms with van der Waals surface area (Å²) in [7, 11) is -34.7. The Hall–Kier alpha value is -5.06. The van der Waals surface area contributed by atoms with Gasteiger partial charge < -0.3 is 85.9 Å². The summed E-state index contributed by atoms with van der Waals surface area (Å²) in [5.41, 5.74) is 0. The molecule has 6 aliphatic rings. The van der Waals surface area contributed by atoms with Crippen LogP contribution in [0.25, 0.3) is 0 Å². The fourth-order valence-electron chi connectivity index (χ4n) is 11.7. The highest BCUT2D eigenvalue weighted by Crippen LogP contribution is 2.55. The monoisotopic (exact) mass is 1290 g/mol.